The van der Waals surface area contributed by atoms with Crippen LogP contribution >= 0.6 is 0 Å². The summed E-state index contributed by atoms with van der Waals surface area (Å²) >= 11 is 0. The molecule has 2 aromatic carbocycles. The van der Waals surface area contributed by atoms with Gasteiger partial charge in [-0.1, -0.05) is 30.3 Å². The molecule has 0 unspecified atom stereocenters. The molecule has 2 atom stereocenters. The smallest absolute Gasteiger partial charge is 0.416 e. The first-order valence-electron chi connectivity index (χ1n) is 8.52. The third-order valence-electron chi connectivity index (χ3n) is 4.22. The van der Waals surface area contributed by atoms with Crippen LogP contribution < -0.4 is 10.1 Å². The molecule has 2 aromatic rings. The van der Waals surface area contributed by atoms with Crippen molar-refractivity contribution in [2.45, 2.75) is 24.7 Å². The summed E-state index contributed by atoms with van der Waals surface area (Å²) in [7, 11) is 2.61. The molecule has 0 aliphatic carbocycles. The molecule has 0 aromatic heterocycles. The van der Waals surface area contributed by atoms with Gasteiger partial charge in [-0.3, -0.25) is 4.79 Å². The molecule has 0 heterocycles. The highest BCUT2D eigenvalue weighted by molar-refractivity contribution is 5.87. The Labute approximate surface area is 165 Å². The fourth-order valence-corrected chi connectivity index (χ4v) is 2.68. The molecule has 0 saturated carbocycles. The Morgan fingerprint density at radius 3 is 2.24 bits per heavy atom. The number of carbonyl (C=O) groups excluding carboxylic acids is 2. The lowest BCUT2D eigenvalue weighted by Gasteiger charge is -2.20. The minimum Gasteiger partial charge on any atom is -0.496 e. The standard InChI is InChI=1S/C20H20F3NO5/c1-28-16-6-4-3-5-13(16)11-15(19(27)29-2)24-18(26)17(25)12-7-9-14(10-8-12)20(21,22)23/h3-10,15,17,25H,11H2,1-2H3,(H,24,26)/t15-,17+/m0/s1. The van der Waals surface area contributed by atoms with Gasteiger partial charge in [0, 0.05) is 6.42 Å². The lowest BCUT2D eigenvalue weighted by molar-refractivity contribution is -0.146. The lowest BCUT2D eigenvalue weighted by Crippen LogP contribution is -2.45. The van der Waals surface area contributed by atoms with Gasteiger partial charge >= 0.3 is 12.1 Å². The van der Waals surface area contributed by atoms with E-state index in [0.717, 1.165) is 31.4 Å². The normalized spacial score (nSPS) is 13.3. The number of rotatable bonds is 7. The quantitative estimate of drug-likeness (QED) is 0.685. The van der Waals surface area contributed by atoms with Crippen LogP contribution in [0.2, 0.25) is 0 Å². The van der Waals surface area contributed by atoms with Gasteiger partial charge in [0.25, 0.3) is 5.91 Å². The van der Waals surface area contributed by atoms with Crippen molar-refractivity contribution in [3.63, 3.8) is 0 Å². The van der Waals surface area contributed by atoms with Crippen molar-refractivity contribution >= 4 is 11.9 Å². The molecule has 0 bridgehead atoms. The van der Waals surface area contributed by atoms with Crippen molar-refractivity contribution in [1.29, 1.82) is 0 Å². The number of ether oxygens (including phenoxy) is 2. The van der Waals surface area contributed by atoms with Crippen molar-refractivity contribution < 1.29 is 37.3 Å². The van der Waals surface area contributed by atoms with Gasteiger partial charge in [0.2, 0.25) is 0 Å². The predicted octanol–water partition coefficient (Wildman–Crippen LogP) is 2.65. The van der Waals surface area contributed by atoms with Crippen molar-refractivity contribution in [3.05, 3.63) is 65.2 Å². The Hall–Kier alpha value is -3.07. The summed E-state index contributed by atoms with van der Waals surface area (Å²) in [6.45, 7) is 0. The molecule has 0 radical (unpaired) electrons. The third kappa shape index (κ3) is 5.71. The number of aliphatic hydroxyl groups is 1. The third-order valence-corrected chi connectivity index (χ3v) is 4.22. The highest BCUT2D eigenvalue weighted by Crippen LogP contribution is 2.30. The second-order valence-corrected chi connectivity index (χ2v) is 6.12. The van der Waals surface area contributed by atoms with Crippen LogP contribution in [0.1, 0.15) is 22.8 Å². The Kier molecular flexibility index (Phi) is 7.22. The van der Waals surface area contributed by atoms with E-state index in [2.05, 4.69) is 5.32 Å². The summed E-state index contributed by atoms with van der Waals surface area (Å²) in [6.07, 6.45) is -6.26. The highest BCUT2D eigenvalue weighted by Gasteiger charge is 2.31. The zero-order valence-corrected chi connectivity index (χ0v) is 15.7. The second-order valence-electron chi connectivity index (χ2n) is 6.12. The number of benzene rings is 2. The molecule has 29 heavy (non-hydrogen) atoms. The van der Waals surface area contributed by atoms with E-state index in [1.807, 2.05) is 0 Å². The Morgan fingerprint density at radius 2 is 1.69 bits per heavy atom. The first-order chi connectivity index (χ1) is 13.7. The Bertz CT molecular complexity index is 852. The van der Waals surface area contributed by atoms with Gasteiger partial charge in [0.05, 0.1) is 19.8 Å². The minimum atomic E-state index is -4.53. The number of carbonyl (C=O) groups is 2. The van der Waals surface area contributed by atoms with Crippen molar-refractivity contribution in [2.24, 2.45) is 0 Å². The molecule has 9 heteroatoms. The molecular weight excluding hydrogens is 391 g/mol. The molecular formula is C20H20F3NO5. The molecule has 156 valence electrons. The zero-order chi connectivity index (χ0) is 21.6. The minimum absolute atomic E-state index is 0.0299. The summed E-state index contributed by atoms with van der Waals surface area (Å²) < 4.78 is 47.8. The number of halogens is 3. The maximum absolute atomic E-state index is 12.6. The number of nitrogens with one attached hydrogen (secondary N) is 1. The number of hydrogen-bond acceptors (Lipinski definition) is 5. The number of aliphatic hydroxyl groups excluding tert-OH is 1. The highest BCUT2D eigenvalue weighted by atomic mass is 19.4. The van der Waals surface area contributed by atoms with Crippen LogP contribution in [-0.4, -0.2) is 37.2 Å². The maximum atomic E-state index is 12.6. The van der Waals surface area contributed by atoms with E-state index in [1.54, 1.807) is 24.3 Å². The van der Waals surface area contributed by atoms with Gasteiger partial charge in [-0.15, -0.1) is 0 Å². The summed E-state index contributed by atoms with van der Waals surface area (Å²) in [5, 5.41) is 12.6. The van der Waals surface area contributed by atoms with E-state index in [1.165, 1.54) is 7.11 Å². The monoisotopic (exact) mass is 411 g/mol. The topological polar surface area (TPSA) is 84.9 Å². The SMILES string of the molecule is COC(=O)[C@H](Cc1ccccc1OC)NC(=O)[C@H](O)c1ccc(C(F)(F)F)cc1. The van der Waals surface area contributed by atoms with Crippen LogP contribution in [0, 0.1) is 0 Å². The van der Waals surface area contributed by atoms with Gasteiger partial charge < -0.3 is 19.9 Å². The lowest BCUT2D eigenvalue weighted by atomic mass is 10.0. The van der Waals surface area contributed by atoms with Crippen molar-refractivity contribution in [1.82, 2.24) is 5.32 Å². The average Bonchev–Trinajstić information content (AvgIpc) is 2.71. The number of methoxy groups -OCH3 is 2. The zero-order valence-electron chi connectivity index (χ0n) is 15.7. The number of para-hydroxylation sites is 1. The fraction of sp³-hybridized carbons (Fsp3) is 0.300. The van der Waals surface area contributed by atoms with Gasteiger partial charge in [0.15, 0.2) is 6.10 Å². The predicted molar refractivity (Wildman–Crippen MR) is 97.0 cm³/mol. The molecule has 1 amide bonds. The molecule has 2 N–H and O–H groups in total. The molecule has 0 aliphatic heterocycles. The van der Waals surface area contributed by atoms with E-state index in [4.69, 9.17) is 9.47 Å². The Balaban J connectivity index is 2.16. The summed E-state index contributed by atoms with van der Waals surface area (Å²) in [5.74, 6) is -1.20. The van der Waals surface area contributed by atoms with Crippen LogP contribution in [0.4, 0.5) is 13.2 Å². The second kappa shape index (κ2) is 9.42. The van der Waals surface area contributed by atoms with Crippen LogP contribution in [0.25, 0.3) is 0 Å². The van der Waals surface area contributed by atoms with Crippen molar-refractivity contribution in [2.75, 3.05) is 14.2 Å². The number of alkyl halides is 3. The molecule has 0 spiro atoms. The largest absolute Gasteiger partial charge is 0.496 e. The van der Waals surface area contributed by atoms with Gasteiger partial charge in [-0.25, -0.2) is 4.79 Å². The van der Waals surface area contributed by atoms with Gasteiger partial charge in [0.1, 0.15) is 11.8 Å². The summed E-state index contributed by atoms with van der Waals surface area (Å²) in [4.78, 5) is 24.5. The first-order valence-corrected chi connectivity index (χ1v) is 8.52. The van der Waals surface area contributed by atoms with Gasteiger partial charge in [-0.2, -0.15) is 13.2 Å². The van der Waals surface area contributed by atoms with Crippen LogP contribution in [0.15, 0.2) is 48.5 Å². The summed E-state index contributed by atoms with van der Waals surface area (Å²) in [6, 6.07) is 9.24. The van der Waals surface area contributed by atoms with Crippen LogP contribution in [0.3, 0.4) is 0 Å². The summed E-state index contributed by atoms with van der Waals surface area (Å²) in [5.41, 5.74) is -0.330. The van der Waals surface area contributed by atoms with E-state index < -0.39 is 35.8 Å². The van der Waals surface area contributed by atoms with Crippen molar-refractivity contribution in [3.8, 4) is 5.75 Å². The Morgan fingerprint density at radius 1 is 1.07 bits per heavy atom. The van der Waals surface area contributed by atoms with E-state index in [0.29, 0.717) is 11.3 Å². The molecule has 0 fully saturated rings. The average molecular weight is 411 g/mol. The number of esters is 1. The van der Waals surface area contributed by atoms with Crippen LogP contribution in [0.5, 0.6) is 5.75 Å². The number of hydrogen-bond donors (Lipinski definition) is 2. The first kappa shape index (κ1) is 22.2. The van der Waals surface area contributed by atoms with E-state index in [9.17, 15) is 27.9 Å². The fourth-order valence-electron chi connectivity index (χ4n) is 2.68. The van der Waals surface area contributed by atoms with E-state index >= 15 is 0 Å². The molecule has 2 rings (SSSR count). The molecule has 0 aliphatic rings. The van der Waals surface area contributed by atoms with Gasteiger partial charge in [-0.05, 0) is 29.3 Å². The van der Waals surface area contributed by atoms with Crippen LogP contribution in [-0.2, 0) is 26.9 Å². The maximum Gasteiger partial charge on any atom is 0.416 e. The van der Waals surface area contributed by atoms with E-state index in [-0.39, 0.29) is 12.0 Å². The number of amides is 1. The molecule has 6 nitrogen and oxygen atoms in total. The molecule has 0 saturated heterocycles.